The number of alkyl carbamates (subject to hydrolysis) is 1. The molecule has 22 heavy (non-hydrogen) atoms. The third kappa shape index (κ3) is 5.86. The van der Waals surface area contributed by atoms with Crippen LogP contribution in [0.2, 0.25) is 0 Å². The van der Waals surface area contributed by atoms with Crippen LogP contribution in [0.4, 0.5) is 14.9 Å². The molecule has 0 atom stereocenters. The van der Waals surface area contributed by atoms with Crippen molar-refractivity contribution in [2.75, 3.05) is 18.8 Å². The maximum Gasteiger partial charge on any atom is 0.407 e. The van der Waals surface area contributed by atoms with Gasteiger partial charge in [0.05, 0.1) is 5.69 Å². The van der Waals surface area contributed by atoms with E-state index in [9.17, 15) is 17.6 Å². The molecule has 4 N–H and O–H groups in total. The van der Waals surface area contributed by atoms with Crippen LogP contribution in [0.25, 0.3) is 0 Å². The van der Waals surface area contributed by atoms with E-state index in [1.807, 2.05) is 0 Å². The lowest BCUT2D eigenvalue weighted by atomic mass is 10.2. The lowest BCUT2D eigenvalue weighted by Crippen LogP contribution is -2.38. The molecule has 0 spiro atoms. The SMILES string of the molecule is CC(C)(C)OC(=O)NCCNS(=O)(=O)c1cc(F)ccc1N. The van der Waals surface area contributed by atoms with Gasteiger partial charge in [-0.05, 0) is 39.0 Å². The Morgan fingerprint density at radius 2 is 1.95 bits per heavy atom. The Balaban J connectivity index is 2.54. The second-order valence-electron chi connectivity index (χ2n) is 5.51. The third-order valence-corrected chi connectivity index (χ3v) is 3.87. The zero-order chi connectivity index (χ0) is 17.0. The maximum atomic E-state index is 13.1. The summed E-state index contributed by atoms with van der Waals surface area (Å²) in [5.41, 5.74) is 4.82. The van der Waals surface area contributed by atoms with Gasteiger partial charge >= 0.3 is 6.09 Å². The summed E-state index contributed by atoms with van der Waals surface area (Å²) in [5, 5.41) is 2.40. The van der Waals surface area contributed by atoms with Crippen LogP contribution in [0.15, 0.2) is 23.1 Å². The van der Waals surface area contributed by atoms with E-state index in [0.717, 1.165) is 12.1 Å². The Morgan fingerprint density at radius 1 is 1.32 bits per heavy atom. The van der Waals surface area contributed by atoms with Crippen LogP contribution in [0.3, 0.4) is 0 Å². The van der Waals surface area contributed by atoms with Crippen LogP contribution < -0.4 is 15.8 Å². The van der Waals surface area contributed by atoms with Gasteiger partial charge in [-0.25, -0.2) is 22.3 Å². The molecule has 0 fully saturated rings. The molecule has 7 nitrogen and oxygen atoms in total. The van der Waals surface area contributed by atoms with Gasteiger partial charge in [-0.15, -0.1) is 0 Å². The molecule has 0 aromatic heterocycles. The Morgan fingerprint density at radius 3 is 2.55 bits per heavy atom. The molecule has 1 aromatic carbocycles. The molecule has 0 saturated heterocycles. The van der Waals surface area contributed by atoms with Crippen molar-refractivity contribution in [2.24, 2.45) is 0 Å². The molecule has 1 amide bonds. The number of anilines is 1. The molecule has 0 aliphatic heterocycles. The highest BCUT2D eigenvalue weighted by atomic mass is 32.2. The average molecular weight is 333 g/mol. The Hall–Kier alpha value is -1.87. The first-order chi connectivity index (χ1) is 10.0. The van der Waals surface area contributed by atoms with Gasteiger partial charge in [0.25, 0.3) is 0 Å². The third-order valence-electron chi connectivity index (χ3n) is 2.35. The highest BCUT2D eigenvalue weighted by Crippen LogP contribution is 2.18. The normalized spacial score (nSPS) is 12.0. The van der Waals surface area contributed by atoms with Crippen LogP contribution in [-0.2, 0) is 14.8 Å². The maximum absolute atomic E-state index is 13.1. The molecule has 0 heterocycles. The van der Waals surface area contributed by atoms with Crippen LogP contribution in [0, 0.1) is 5.82 Å². The van der Waals surface area contributed by atoms with Crippen molar-refractivity contribution in [1.29, 1.82) is 0 Å². The van der Waals surface area contributed by atoms with E-state index in [2.05, 4.69) is 10.0 Å². The molecule has 0 unspecified atom stereocenters. The van der Waals surface area contributed by atoms with Gasteiger partial charge in [-0.2, -0.15) is 0 Å². The van der Waals surface area contributed by atoms with Gasteiger partial charge in [0.1, 0.15) is 16.3 Å². The van der Waals surface area contributed by atoms with E-state index in [4.69, 9.17) is 10.5 Å². The van der Waals surface area contributed by atoms with Gasteiger partial charge < -0.3 is 15.8 Å². The number of nitrogens with two attached hydrogens (primary N) is 1. The van der Waals surface area contributed by atoms with Crippen molar-refractivity contribution in [2.45, 2.75) is 31.3 Å². The van der Waals surface area contributed by atoms with Crippen LogP contribution in [-0.4, -0.2) is 33.2 Å². The number of sulfonamides is 1. The van der Waals surface area contributed by atoms with Crippen molar-refractivity contribution < 1.29 is 22.3 Å². The van der Waals surface area contributed by atoms with Gasteiger partial charge in [-0.3, -0.25) is 0 Å². The summed E-state index contributed by atoms with van der Waals surface area (Å²) in [6.07, 6.45) is -0.656. The van der Waals surface area contributed by atoms with Crippen molar-refractivity contribution in [3.8, 4) is 0 Å². The number of benzene rings is 1. The predicted molar refractivity (Wildman–Crippen MR) is 80.2 cm³/mol. The van der Waals surface area contributed by atoms with E-state index in [1.54, 1.807) is 20.8 Å². The van der Waals surface area contributed by atoms with Crippen molar-refractivity contribution in [3.63, 3.8) is 0 Å². The summed E-state index contributed by atoms with van der Waals surface area (Å²) in [5.74, 6) is -0.707. The number of hydrogen-bond donors (Lipinski definition) is 3. The first-order valence-corrected chi connectivity index (χ1v) is 8.01. The molecule has 0 saturated carbocycles. The smallest absolute Gasteiger partial charge is 0.407 e. The fourth-order valence-electron chi connectivity index (χ4n) is 1.48. The monoisotopic (exact) mass is 333 g/mol. The minimum absolute atomic E-state index is 0.0172. The van der Waals surface area contributed by atoms with Gasteiger partial charge in [-0.1, -0.05) is 0 Å². The Labute approximate surface area is 129 Å². The number of nitrogen functional groups attached to an aromatic ring is 1. The summed E-state index contributed by atoms with van der Waals surface area (Å²) in [6, 6.07) is 3.07. The van der Waals surface area contributed by atoms with E-state index in [0.29, 0.717) is 0 Å². The minimum atomic E-state index is -3.95. The predicted octanol–water partition coefficient (Wildman–Crippen LogP) is 1.21. The number of ether oxygens (including phenoxy) is 1. The highest BCUT2D eigenvalue weighted by molar-refractivity contribution is 7.89. The molecule has 0 aliphatic rings. The summed E-state index contributed by atoms with van der Waals surface area (Å²) in [4.78, 5) is 11.0. The molecule has 0 radical (unpaired) electrons. The summed E-state index contributed by atoms with van der Waals surface area (Å²) >= 11 is 0. The quantitative estimate of drug-likeness (QED) is 0.554. The largest absolute Gasteiger partial charge is 0.444 e. The zero-order valence-corrected chi connectivity index (χ0v) is 13.5. The number of hydrogen-bond acceptors (Lipinski definition) is 5. The van der Waals surface area contributed by atoms with E-state index >= 15 is 0 Å². The lowest BCUT2D eigenvalue weighted by molar-refractivity contribution is 0.0529. The molecule has 124 valence electrons. The molecule has 1 aromatic rings. The highest BCUT2D eigenvalue weighted by Gasteiger charge is 2.19. The molecular weight excluding hydrogens is 313 g/mol. The number of carbonyl (C=O) groups is 1. The lowest BCUT2D eigenvalue weighted by Gasteiger charge is -2.19. The van der Waals surface area contributed by atoms with E-state index < -0.39 is 27.5 Å². The van der Waals surface area contributed by atoms with Crippen molar-refractivity contribution >= 4 is 21.8 Å². The fourth-order valence-corrected chi connectivity index (χ4v) is 2.66. The zero-order valence-electron chi connectivity index (χ0n) is 12.6. The Kier molecular flexibility index (Phi) is 5.72. The topological polar surface area (TPSA) is 111 Å². The molecule has 0 aliphatic carbocycles. The standard InChI is InChI=1S/C13H20FN3O4S/c1-13(2,3)21-12(18)16-6-7-17-22(19,20)11-8-9(14)4-5-10(11)15/h4-5,8,17H,6-7,15H2,1-3H3,(H,16,18). The number of nitrogens with one attached hydrogen (secondary N) is 2. The van der Waals surface area contributed by atoms with Gasteiger partial charge in [0.2, 0.25) is 10.0 Å². The Bertz CT molecular complexity index is 641. The van der Waals surface area contributed by atoms with Crippen molar-refractivity contribution in [1.82, 2.24) is 10.0 Å². The summed E-state index contributed by atoms with van der Waals surface area (Å²) < 4.78 is 44.3. The number of rotatable bonds is 5. The molecule has 9 heteroatoms. The summed E-state index contributed by atoms with van der Waals surface area (Å²) in [6.45, 7) is 5.06. The first kappa shape index (κ1) is 18.2. The fraction of sp³-hybridized carbons (Fsp3) is 0.462. The van der Waals surface area contributed by atoms with Crippen molar-refractivity contribution in [3.05, 3.63) is 24.0 Å². The molecule has 0 bridgehead atoms. The molecular formula is C13H20FN3O4S. The second kappa shape index (κ2) is 6.93. The minimum Gasteiger partial charge on any atom is -0.444 e. The second-order valence-corrected chi connectivity index (χ2v) is 7.24. The van der Waals surface area contributed by atoms with Gasteiger partial charge in [0.15, 0.2) is 0 Å². The van der Waals surface area contributed by atoms with E-state index in [-0.39, 0.29) is 23.7 Å². The van der Waals surface area contributed by atoms with Crippen LogP contribution >= 0.6 is 0 Å². The average Bonchev–Trinajstić information content (AvgIpc) is 2.35. The van der Waals surface area contributed by atoms with Crippen LogP contribution in [0.5, 0.6) is 0 Å². The van der Waals surface area contributed by atoms with Crippen LogP contribution in [0.1, 0.15) is 20.8 Å². The van der Waals surface area contributed by atoms with Gasteiger partial charge in [0, 0.05) is 13.1 Å². The number of carbonyl (C=O) groups excluding carboxylic acids is 1. The number of halogens is 1. The first-order valence-electron chi connectivity index (χ1n) is 6.53. The number of amides is 1. The summed E-state index contributed by atoms with van der Waals surface area (Å²) in [7, 11) is -3.95. The van der Waals surface area contributed by atoms with E-state index in [1.165, 1.54) is 6.07 Å². The molecule has 1 rings (SSSR count).